The Kier molecular flexibility index (Phi) is 2.84. The number of fused-ring (bicyclic) bond motifs is 3. The monoisotopic (exact) mass is 314 g/mol. The summed E-state index contributed by atoms with van der Waals surface area (Å²) >= 11 is 0. The molecule has 0 saturated heterocycles. The van der Waals surface area contributed by atoms with Gasteiger partial charge in [0.2, 0.25) is 0 Å². The third kappa shape index (κ3) is 2.21. The second-order valence-corrected chi connectivity index (χ2v) is 5.02. The molecule has 4 nitrogen and oxygen atoms in total. The highest BCUT2D eigenvalue weighted by atomic mass is 19.4. The van der Waals surface area contributed by atoms with E-state index >= 15 is 0 Å². The number of hydrogen-bond donors (Lipinski definition) is 0. The average Bonchev–Trinajstić information content (AvgIpc) is 3.03. The number of hydrogen-bond acceptors (Lipinski definition) is 3. The van der Waals surface area contributed by atoms with E-state index in [-0.39, 0.29) is 0 Å². The van der Waals surface area contributed by atoms with Gasteiger partial charge in [0.15, 0.2) is 11.5 Å². The lowest BCUT2D eigenvalue weighted by molar-refractivity contribution is -0.137. The van der Waals surface area contributed by atoms with Crippen LogP contribution in [0.3, 0.4) is 0 Å². The second kappa shape index (κ2) is 4.77. The van der Waals surface area contributed by atoms with Gasteiger partial charge in [-0.05, 0) is 24.3 Å². The van der Waals surface area contributed by atoms with Crippen LogP contribution in [0.5, 0.6) is 0 Å². The lowest BCUT2D eigenvalue weighted by Crippen LogP contribution is -2.05. The molecule has 0 radical (unpaired) electrons. The molecule has 0 bridgehead atoms. The lowest BCUT2D eigenvalue weighted by atomic mass is 10.1. The molecular formula is C16H9F3N4. The SMILES string of the molecule is FC(F)(F)c1ccc(-c2nc3ccccc3c3ncnn23)cc1. The van der Waals surface area contributed by atoms with Crippen molar-refractivity contribution < 1.29 is 13.2 Å². The average molecular weight is 314 g/mol. The van der Waals surface area contributed by atoms with Gasteiger partial charge in [0.1, 0.15) is 6.33 Å². The van der Waals surface area contributed by atoms with E-state index in [1.54, 1.807) is 0 Å². The zero-order valence-electron chi connectivity index (χ0n) is 11.6. The molecule has 0 saturated carbocycles. The lowest BCUT2D eigenvalue weighted by Gasteiger charge is -2.09. The summed E-state index contributed by atoms with van der Waals surface area (Å²) in [6, 6.07) is 12.3. The predicted molar refractivity (Wildman–Crippen MR) is 78.7 cm³/mol. The minimum Gasteiger partial charge on any atom is -0.228 e. The summed E-state index contributed by atoms with van der Waals surface area (Å²) in [4.78, 5) is 8.74. The minimum atomic E-state index is -4.36. The highest BCUT2D eigenvalue weighted by molar-refractivity contribution is 5.92. The van der Waals surface area contributed by atoms with Crippen LogP contribution in [0.1, 0.15) is 5.56 Å². The summed E-state index contributed by atoms with van der Waals surface area (Å²) in [6.45, 7) is 0. The summed E-state index contributed by atoms with van der Waals surface area (Å²) in [5.41, 5.74) is 1.17. The van der Waals surface area contributed by atoms with Crippen LogP contribution >= 0.6 is 0 Å². The van der Waals surface area contributed by atoms with Crippen molar-refractivity contribution in [2.45, 2.75) is 6.18 Å². The van der Waals surface area contributed by atoms with Crippen molar-refractivity contribution in [1.82, 2.24) is 19.6 Å². The zero-order chi connectivity index (χ0) is 16.0. The van der Waals surface area contributed by atoms with Crippen molar-refractivity contribution in [3.8, 4) is 11.4 Å². The van der Waals surface area contributed by atoms with Crippen LogP contribution in [-0.4, -0.2) is 19.6 Å². The first kappa shape index (κ1) is 13.7. The van der Waals surface area contributed by atoms with E-state index in [0.29, 0.717) is 22.6 Å². The fourth-order valence-corrected chi connectivity index (χ4v) is 2.50. The minimum absolute atomic E-state index is 0.449. The first-order valence-electron chi connectivity index (χ1n) is 6.80. The van der Waals surface area contributed by atoms with E-state index in [0.717, 1.165) is 17.5 Å². The molecule has 0 aliphatic carbocycles. The highest BCUT2D eigenvalue weighted by Gasteiger charge is 2.30. The van der Waals surface area contributed by atoms with Gasteiger partial charge in [-0.2, -0.15) is 22.8 Å². The van der Waals surface area contributed by atoms with E-state index in [9.17, 15) is 13.2 Å². The number of nitrogens with zero attached hydrogens (tertiary/aromatic N) is 4. The summed E-state index contributed by atoms with van der Waals surface area (Å²) in [6.07, 6.45) is -2.96. The molecule has 0 N–H and O–H groups in total. The molecule has 0 atom stereocenters. The van der Waals surface area contributed by atoms with Gasteiger partial charge in [0.25, 0.3) is 0 Å². The normalized spacial score (nSPS) is 12.1. The summed E-state index contributed by atoms with van der Waals surface area (Å²) < 4.78 is 39.6. The quantitative estimate of drug-likeness (QED) is 0.534. The Morgan fingerprint density at radius 3 is 2.39 bits per heavy atom. The molecule has 4 rings (SSSR count). The molecule has 0 spiro atoms. The van der Waals surface area contributed by atoms with Crippen LogP contribution in [0.4, 0.5) is 13.2 Å². The fourth-order valence-electron chi connectivity index (χ4n) is 2.50. The number of halogens is 3. The van der Waals surface area contributed by atoms with E-state index in [1.165, 1.54) is 23.0 Å². The molecule has 0 amide bonds. The maximum absolute atomic E-state index is 12.7. The smallest absolute Gasteiger partial charge is 0.228 e. The van der Waals surface area contributed by atoms with E-state index in [4.69, 9.17) is 0 Å². The van der Waals surface area contributed by atoms with Crippen LogP contribution < -0.4 is 0 Å². The molecule has 2 aromatic carbocycles. The molecule has 4 aromatic rings. The zero-order valence-corrected chi connectivity index (χ0v) is 11.6. The maximum atomic E-state index is 12.7. The first-order chi connectivity index (χ1) is 11.0. The Balaban J connectivity index is 1.95. The molecular weight excluding hydrogens is 305 g/mol. The van der Waals surface area contributed by atoms with Crippen LogP contribution in [0, 0.1) is 0 Å². The molecule has 2 heterocycles. The van der Waals surface area contributed by atoms with Gasteiger partial charge in [0, 0.05) is 10.9 Å². The molecule has 0 fully saturated rings. The Bertz CT molecular complexity index is 1000. The standard InChI is InChI=1S/C16H9F3N4/c17-16(18,19)11-7-5-10(6-8-11)14-22-13-4-2-1-3-12(13)15-20-9-21-23(14)15/h1-9H. The number of alkyl halides is 3. The number of para-hydroxylation sites is 1. The van der Waals surface area contributed by atoms with Crippen molar-refractivity contribution in [2.75, 3.05) is 0 Å². The van der Waals surface area contributed by atoms with Gasteiger partial charge in [0.05, 0.1) is 11.1 Å². The van der Waals surface area contributed by atoms with Gasteiger partial charge in [-0.3, -0.25) is 0 Å². The molecule has 23 heavy (non-hydrogen) atoms. The van der Waals surface area contributed by atoms with E-state index < -0.39 is 11.7 Å². The number of aromatic nitrogens is 4. The van der Waals surface area contributed by atoms with Crippen molar-refractivity contribution >= 4 is 16.6 Å². The van der Waals surface area contributed by atoms with E-state index in [2.05, 4.69) is 15.1 Å². The number of rotatable bonds is 1. The summed E-state index contributed by atoms with van der Waals surface area (Å²) in [5.74, 6) is 0.449. The predicted octanol–water partition coefficient (Wildman–Crippen LogP) is 3.96. The largest absolute Gasteiger partial charge is 0.416 e. The van der Waals surface area contributed by atoms with Gasteiger partial charge >= 0.3 is 6.18 Å². The molecule has 7 heteroatoms. The van der Waals surface area contributed by atoms with Crippen LogP contribution in [0.15, 0.2) is 54.9 Å². The molecule has 0 aliphatic heterocycles. The Labute approximate surface area is 128 Å². The molecule has 0 unspecified atom stereocenters. The van der Waals surface area contributed by atoms with Crippen molar-refractivity contribution in [2.24, 2.45) is 0 Å². The van der Waals surface area contributed by atoms with Crippen LogP contribution in [0.25, 0.3) is 27.9 Å². The summed E-state index contributed by atoms with van der Waals surface area (Å²) in [7, 11) is 0. The van der Waals surface area contributed by atoms with Crippen molar-refractivity contribution in [1.29, 1.82) is 0 Å². The molecule has 0 aliphatic rings. The fraction of sp³-hybridized carbons (Fsp3) is 0.0625. The first-order valence-corrected chi connectivity index (χ1v) is 6.80. The van der Waals surface area contributed by atoms with E-state index in [1.807, 2.05) is 24.3 Å². The second-order valence-electron chi connectivity index (χ2n) is 5.02. The molecule has 2 aromatic heterocycles. The Morgan fingerprint density at radius 1 is 0.913 bits per heavy atom. The van der Waals surface area contributed by atoms with Gasteiger partial charge < -0.3 is 0 Å². The summed E-state index contributed by atoms with van der Waals surface area (Å²) in [5, 5.41) is 4.97. The number of benzene rings is 2. The highest BCUT2D eigenvalue weighted by Crippen LogP contribution is 2.31. The van der Waals surface area contributed by atoms with Crippen LogP contribution in [-0.2, 0) is 6.18 Å². The Hall–Kier alpha value is -2.96. The van der Waals surface area contributed by atoms with Gasteiger partial charge in [-0.1, -0.05) is 24.3 Å². The topological polar surface area (TPSA) is 43.1 Å². The van der Waals surface area contributed by atoms with Gasteiger partial charge in [-0.15, -0.1) is 0 Å². The van der Waals surface area contributed by atoms with Gasteiger partial charge in [-0.25, -0.2) is 9.97 Å². The third-order valence-corrected chi connectivity index (χ3v) is 3.59. The maximum Gasteiger partial charge on any atom is 0.416 e. The van der Waals surface area contributed by atoms with Crippen LogP contribution in [0.2, 0.25) is 0 Å². The molecule has 114 valence electrons. The third-order valence-electron chi connectivity index (χ3n) is 3.59. The van der Waals surface area contributed by atoms with Crippen molar-refractivity contribution in [3.05, 3.63) is 60.4 Å². The Morgan fingerprint density at radius 2 is 1.65 bits per heavy atom. The van der Waals surface area contributed by atoms with Crippen molar-refractivity contribution in [3.63, 3.8) is 0 Å².